The van der Waals surface area contributed by atoms with Gasteiger partial charge in [-0.15, -0.1) is 0 Å². The largest absolute Gasteiger partial charge is 0.299 e. The van der Waals surface area contributed by atoms with Gasteiger partial charge >= 0.3 is 0 Å². The highest BCUT2D eigenvalue weighted by molar-refractivity contribution is 9.10. The Morgan fingerprint density at radius 3 is 2.47 bits per heavy atom. The van der Waals surface area contributed by atoms with Crippen LogP contribution in [0, 0.1) is 5.41 Å². The lowest BCUT2D eigenvalue weighted by Crippen LogP contribution is -2.22. The molecule has 1 aromatic carbocycles. The number of carbonyl (C=O) groups is 1. The van der Waals surface area contributed by atoms with Gasteiger partial charge in [-0.2, -0.15) is 0 Å². The molecule has 1 nitrogen and oxygen atoms in total. The van der Waals surface area contributed by atoms with Gasteiger partial charge < -0.3 is 0 Å². The van der Waals surface area contributed by atoms with Crippen molar-refractivity contribution >= 4 is 33.3 Å². The Kier molecular flexibility index (Phi) is 3.96. The molecule has 0 amide bonds. The van der Waals surface area contributed by atoms with Gasteiger partial charge in [-0.3, -0.25) is 4.79 Å². The molecule has 3 heteroatoms. The van der Waals surface area contributed by atoms with Crippen molar-refractivity contribution in [2.45, 2.75) is 27.2 Å². The van der Waals surface area contributed by atoms with E-state index in [9.17, 15) is 4.79 Å². The van der Waals surface area contributed by atoms with Gasteiger partial charge in [0.2, 0.25) is 0 Å². The van der Waals surface area contributed by atoms with Crippen LogP contribution in [0.25, 0.3) is 0 Å². The first-order valence-corrected chi connectivity index (χ1v) is 5.95. The summed E-state index contributed by atoms with van der Waals surface area (Å²) in [6, 6.07) is 5.60. The fraction of sp³-hybridized carbons (Fsp3) is 0.417. The number of carbonyl (C=O) groups excluding carboxylic acids is 1. The second kappa shape index (κ2) is 4.67. The highest BCUT2D eigenvalue weighted by Gasteiger charge is 2.21. The summed E-state index contributed by atoms with van der Waals surface area (Å²) in [6.07, 6.45) is 0.398. The molecule has 0 N–H and O–H groups in total. The second-order valence-electron chi connectivity index (χ2n) is 4.59. The zero-order chi connectivity index (χ0) is 11.6. The molecular weight excluding hydrogens is 275 g/mol. The van der Waals surface area contributed by atoms with Crippen LogP contribution in [0.5, 0.6) is 0 Å². The van der Waals surface area contributed by atoms with E-state index in [0.29, 0.717) is 11.4 Å². The van der Waals surface area contributed by atoms with Crippen LogP contribution in [0.4, 0.5) is 0 Å². The molecule has 0 fully saturated rings. The number of hydrogen-bond acceptors (Lipinski definition) is 1. The Bertz CT molecular complexity index is 380. The predicted octanol–water partition coefficient (Wildman–Crippen LogP) is 4.26. The van der Waals surface area contributed by atoms with Crippen molar-refractivity contribution in [2.75, 3.05) is 0 Å². The number of rotatable bonds is 2. The lowest BCUT2D eigenvalue weighted by Gasteiger charge is -2.16. The summed E-state index contributed by atoms with van der Waals surface area (Å²) in [4.78, 5) is 11.8. The lowest BCUT2D eigenvalue weighted by atomic mass is 9.87. The Morgan fingerprint density at radius 1 is 1.40 bits per heavy atom. The number of Topliss-reactive ketones (excluding diaryl/α,β-unsaturated/α-hetero) is 1. The Labute approximate surface area is 104 Å². The Balaban J connectivity index is 2.87. The van der Waals surface area contributed by atoms with Crippen LogP contribution in [0.15, 0.2) is 22.7 Å². The molecule has 0 aliphatic carbocycles. The van der Waals surface area contributed by atoms with Crippen LogP contribution in [0.2, 0.25) is 5.02 Å². The van der Waals surface area contributed by atoms with E-state index in [1.807, 2.05) is 39.0 Å². The molecule has 0 aliphatic rings. The van der Waals surface area contributed by atoms with Gasteiger partial charge in [0, 0.05) is 21.3 Å². The summed E-state index contributed by atoms with van der Waals surface area (Å²) in [7, 11) is 0. The van der Waals surface area contributed by atoms with Crippen LogP contribution in [0.3, 0.4) is 0 Å². The van der Waals surface area contributed by atoms with E-state index in [0.717, 1.165) is 10.0 Å². The summed E-state index contributed by atoms with van der Waals surface area (Å²) < 4.78 is 0.930. The van der Waals surface area contributed by atoms with E-state index in [4.69, 9.17) is 11.6 Å². The topological polar surface area (TPSA) is 17.1 Å². The first-order chi connectivity index (χ1) is 6.80. The second-order valence-corrected chi connectivity index (χ2v) is 5.91. The zero-order valence-corrected chi connectivity index (χ0v) is 11.4. The van der Waals surface area contributed by atoms with Gasteiger partial charge in [0.15, 0.2) is 0 Å². The van der Waals surface area contributed by atoms with Crippen molar-refractivity contribution in [2.24, 2.45) is 5.41 Å². The lowest BCUT2D eigenvalue weighted by molar-refractivity contribution is -0.125. The first-order valence-electron chi connectivity index (χ1n) is 4.78. The zero-order valence-electron chi connectivity index (χ0n) is 9.10. The Morgan fingerprint density at radius 2 is 2.00 bits per heavy atom. The van der Waals surface area contributed by atoms with E-state index in [-0.39, 0.29) is 11.2 Å². The summed E-state index contributed by atoms with van der Waals surface area (Å²) in [5.74, 6) is 0.201. The molecule has 1 rings (SSSR count). The smallest absolute Gasteiger partial charge is 0.142 e. The molecule has 0 aliphatic heterocycles. The van der Waals surface area contributed by atoms with Gasteiger partial charge in [-0.25, -0.2) is 0 Å². The minimum absolute atomic E-state index is 0.201. The molecular formula is C12H14BrClO. The van der Waals surface area contributed by atoms with E-state index < -0.39 is 0 Å². The Hall–Kier alpha value is -0.340. The van der Waals surface area contributed by atoms with Crippen LogP contribution in [0.1, 0.15) is 26.3 Å². The molecule has 0 aromatic heterocycles. The molecule has 0 radical (unpaired) electrons. The maximum atomic E-state index is 11.8. The van der Waals surface area contributed by atoms with Crippen molar-refractivity contribution in [3.8, 4) is 0 Å². The molecule has 0 bridgehead atoms. The van der Waals surface area contributed by atoms with E-state index in [2.05, 4.69) is 15.9 Å². The molecule has 0 spiro atoms. The number of halogens is 2. The summed E-state index contributed by atoms with van der Waals surface area (Å²) in [6.45, 7) is 5.76. The van der Waals surface area contributed by atoms with Gasteiger partial charge in [-0.1, -0.05) is 54.4 Å². The molecule has 15 heavy (non-hydrogen) atoms. The minimum Gasteiger partial charge on any atom is -0.299 e. The average molecular weight is 290 g/mol. The van der Waals surface area contributed by atoms with E-state index in [1.165, 1.54) is 0 Å². The molecule has 0 unspecified atom stereocenters. The van der Waals surface area contributed by atoms with Gasteiger partial charge in [0.25, 0.3) is 0 Å². The predicted molar refractivity (Wildman–Crippen MR) is 67.3 cm³/mol. The summed E-state index contributed by atoms with van der Waals surface area (Å²) in [5.41, 5.74) is 0.580. The standard InChI is InChI=1S/C12H14BrClO/c1-12(2,3)11(15)6-8-4-5-9(13)7-10(8)14/h4-5,7H,6H2,1-3H3. The van der Waals surface area contributed by atoms with E-state index in [1.54, 1.807) is 0 Å². The molecule has 82 valence electrons. The highest BCUT2D eigenvalue weighted by atomic mass is 79.9. The van der Waals surface area contributed by atoms with E-state index >= 15 is 0 Å². The third-order valence-corrected chi connectivity index (χ3v) is 3.05. The third kappa shape index (κ3) is 3.62. The van der Waals surface area contributed by atoms with Gasteiger partial charge in [0.05, 0.1) is 0 Å². The third-order valence-electron chi connectivity index (χ3n) is 2.20. The van der Waals surface area contributed by atoms with Crippen LogP contribution >= 0.6 is 27.5 Å². The van der Waals surface area contributed by atoms with Crippen molar-refractivity contribution in [1.29, 1.82) is 0 Å². The quantitative estimate of drug-likeness (QED) is 0.795. The number of benzene rings is 1. The van der Waals surface area contributed by atoms with Crippen molar-refractivity contribution in [3.05, 3.63) is 33.3 Å². The fourth-order valence-corrected chi connectivity index (χ4v) is 1.84. The summed E-state index contributed by atoms with van der Waals surface area (Å²) >= 11 is 9.37. The monoisotopic (exact) mass is 288 g/mol. The average Bonchev–Trinajstić information content (AvgIpc) is 2.08. The van der Waals surface area contributed by atoms with Gasteiger partial charge in [-0.05, 0) is 17.7 Å². The van der Waals surface area contributed by atoms with Crippen molar-refractivity contribution < 1.29 is 4.79 Å². The number of hydrogen-bond donors (Lipinski definition) is 0. The first kappa shape index (κ1) is 12.7. The molecule has 1 aromatic rings. The van der Waals surface area contributed by atoms with Crippen LogP contribution in [-0.2, 0) is 11.2 Å². The summed E-state index contributed by atoms with van der Waals surface area (Å²) in [5, 5.41) is 0.641. The minimum atomic E-state index is -0.309. The fourth-order valence-electron chi connectivity index (χ4n) is 1.10. The maximum absolute atomic E-state index is 11.8. The van der Waals surface area contributed by atoms with Gasteiger partial charge in [0.1, 0.15) is 5.78 Å². The molecule has 0 heterocycles. The normalized spacial score (nSPS) is 11.5. The molecule has 0 saturated heterocycles. The highest BCUT2D eigenvalue weighted by Crippen LogP contribution is 2.25. The van der Waals surface area contributed by atoms with Crippen molar-refractivity contribution in [3.63, 3.8) is 0 Å². The van der Waals surface area contributed by atoms with Crippen LogP contribution < -0.4 is 0 Å². The molecule has 0 atom stereocenters. The number of ketones is 1. The van der Waals surface area contributed by atoms with Crippen molar-refractivity contribution in [1.82, 2.24) is 0 Å². The SMILES string of the molecule is CC(C)(C)C(=O)Cc1ccc(Br)cc1Cl. The van der Waals surface area contributed by atoms with Crippen LogP contribution in [-0.4, -0.2) is 5.78 Å². The molecule has 0 saturated carbocycles. The maximum Gasteiger partial charge on any atom is 0.142 e.